The number of nitrogen functional groups attached to an aromatic ring is 1. The van der Waals surface area contributed by atoms with E-state index in [1.165, 1.54) is 18.6 Å². The van der Waals surface area contributed by atoms with E-state index in [1.54, 1.807) is 6.07 Å². The number of hydrogen-bond acceptors (Lipinski definition) is 3. The van der Waals surface area contributed by atoms with Crippen LogP contribution in [-0.2, 0) is 0 Å². The first-order valence-corrected chi connectivity index (χ1v) is 7.95. The van der Waals surface area contributed by atoms with Crippen LogP contribution in [0.15, 0.2) is 12.3 Å². The Labute approximate surface area is 118 Å². The predicted octanol–water partition coefficient (Wildman–Crippen LogP) is 2.42. The van der Waals surface area contributed by atoms with Crippen LogP contribution in [0.5, 0.6) is 0 Å². The highest BCUT2D eigenvalue weighted by atomic mass is 32.2. The third-order valence-electron chi connectivity index (χ3n) is 3.97. The van der Waals surface area contributed by atoms with Crippen molar-refractivity contribution < 1.29 is 4.79 Å². The molecular formula is C14H21N3OS. The third kappa shape index (κ3) is 2.76. The van der Waals surface area contributed by atoms with E-state index in [-0.39, 0.29) is 10.7 Å². The van der Waals surface area contributed by atoms with Gasteiger partial charge < -0.3 is 15.6 Å². The first-order valence-electron chi connectivity index (χ1n) is 6.97. The summed E-state index contributed by atoms with van der Waals surface area (Å²) in [6.45, 7) is 2.98. The largest absolute Gasteiger partial charge is 0.397 e. The highest BCUT2D eigenvalue weighted by Gasteiger charge is 2.31. The Kier molecular flexibility index (Phi) is 3.25. The van der Waals surface area contributed by atoms with Crippen LogP contribution in [0, 0.1) is 0 Å². The van der Waals surface area contributed by atoms with E-state index in [1.807, 2.05) is 22.5 Å². The molecule has 3 rings (SSSR count). The molecule has 3 N–H and O–H groups in total. The van der Waals surface area contributed by atoms with Crippen LogP contribution in [0.2, 0.25) is 0 Å². The first kappa shape index (κ1) is 12.9. The molecule has 1 saturated carbocycles. The fourth-order valence-corrected chi connectivity index (χ4v) is 3.92. The molecule has 104 valence electrons. The minimum Gasteiger partial charge on any atom is -0.397 e. The second-order valence-electron chi connectivity index (χ2n) is 5.88. The van der Waals surface area contributed by atoms with Crippen molar-refractivity contribution in [3.8, 4) is 0 Å². The van der Waals surface area contributed by atoms with Crippen molar-refractivity contribution in [1.29, 1.82) is 0 Å². The molecule has 1 unspecified atom stereocenters. The molecule has 4 nitrogen and oxygen atoms in total. The number of nitrogens with zero attached hydrogens (tertiary/aromatic N) is 1. The number of carbonyl (C=O) groups excluding carboxylic acids is 1. The Hall–Kier alpha value is -1.10. The van der Waals surface area contributed by atoms with Crippen LogP contribution >= 0.6 is 11.8 Å². The van der Waals surface area contributed by atoms with Gasteiger partial charge in [-0.05, 0) is 44.4 Å². The van der Waals surface area contributed by atoms with Crippen molar-refractivity contribution in [2.75, 3.05) is 18.0 Å². The summed E-state index contributed by atoms with van der Waals surface area (Å²) in [4.78, 5) is 12.3. The maximum atomic E-state index is 12.3. The van der Waals surface area contributed by atoms with Gasteiger partial charge in [0.2, 0.25) is 0 Å². The quantitative estimate of drug-likeness (QED) is 0.890. The van der Waals surface area contributed by atoms with Crippen LogP contribution in [0.25, 0.3) is 0 Å². The molecule has 0 radical (unpaired) electrons. The van der Waals surface area contributed by atoms with E-state index in [2.05, 4.69) is 12.2 Å². The predicted molar refractivity (Wildman–Crippen MR) is 79.5 cm³/mol. The second-order valence-corrected chi connectivity index (χ2v) is 7.56. The van der Waals surface area contributed by atoms with Crippen LogP contribution in [0.3, 0.4) is 0 Å². The molecule has 2 heterocycles. The molecule has 2 aliphatic rings. The van der Waals surface area contributed by atoms with Gasteiger partial charge in [-0.1, -0.05) is 0 Å². The summed E-state index contributed by atoms with van der Waals surface area (Å²) in [5, 5.41) is 3.08. The summed E-state index contributed by atoms with van der Waals surface area (Å²) >= 11 is 1.96. The Morgan fingerprint density at radius 1 is 1.63 bits per heavy atom. The van der Waals surface area contributed by atoms with Crippen molar-refractivity contribution in [3.63, 3.8) is 0 Å². The molecule has 19 heavy (non-hydrogen) atoms. The molecule has 1 atom stereocenters. The Balaban J connectivity index is 1.66. The molecule has 2 fully saturated rings. The normalized spacial score (nSPS) is 26.6. The minimum atomic E-state index is 0.0114. The van der Waals surface area contributed by atoms with Crippen LogP contribution < -0.4 is 11.1 Å². The van der Waals surface area contributed by atoms with E-state index in [9.17, 15) is 4.79 Å². The lowest BCUT2D eigenvalue weighted by atomic mass is 10.1. The molecule has 1 aliphatic heterocycles. The summed E-state index contributed by atoms with van der Waals surface area (Å²) in [6, 6.07) is 2.27. The molecule has 1 aliphatic carbocycles. The van der Waals surface area contributed by atoms with Crippen LogP contribution in [0.4, 0.5) is 5.69 Å². The minimum absolute atomic E-state index is 0.0114. The smallest absolute Gasteiger partial charge is 0.268 e. The number of nitrogens with two attached hydrogens (primary N) is 1. The van der Waals surface area contributed by atoms with Crippen molar-refractivity contribution >= 4 is 23.4 Å². The zero-order valence-corrected chi connectivity index (χ0v) is 12.1. The highest BCUT2D eigenvalue weighted by molar-refractivity contribution is 8.00. The molecule has 1 aromatic rings. The van der Waals surface area contributed by atoms with E-state index in [0.717, 1.165) is 19.4 Å². The van der Waals surface area contributed by atoms with Gasteiger partial charge in [0.15, 0.2) is 0 Å². The SMILES string of the molecule is CC1(CNC(=O)c2cc(N)cn2C2CC2)CCCS1. The molecule has 0 aromatic carbocycles. The number of hydrogen-bond donors (Lipinski definition) is 2. The standard InChI is InChI=1S/C14H21N3OS/c1-14(5-2-6-19-14)9-16-13(18)12-7-10(15)8-17(12)11-3-4-11/h7-8,11H,2-6,9,15H2,1H3,(H,16,18). The number of amides is 1. The topological polar surface area (TPSA) is 60.1 Å². The van der Waals surface area contributed by atoms with E-state index in [4.69, 9.17) is 5.73 Å². The molecule has 0 bridgehead atoms. The molecule has 5 heteroatoms. The van der Waals surface area contributed by atoms with Gasteiger partial charge in [-0.2, -0.15) is 11.8 Å². The van der Waals surface area contributed by atoms with Gasteiger partial charge in [0.1, 0.15) is 5.69 Å². The van der Waals surface area contributed by atoms with Crippen molar-refractivity contribution in [2.24, 2.45) is 0 Å². The summed E-state index contributed by atoms with van der Waals surface area (Å²) in [6.07, 6.45) is 6.63. The Morgan fingerprint density at radius 3 is 3.05 bits per heavy atom. The van der Waals surface area contributed by atoms with Crippen molar-refractivity contribution in [2.45, 2.75) is 43.4 Å². The maximum absolute atomic E-state index is 12.3. The molecule has 1 aromatic heterocycles. The fraction of sp³-hybridized carbons (Fsp3) is 0.643. The van der Waals surface area contributed by atoms with Gasteiger partial charge in [0.05, 0.1) is 5.69 Å². The molecule has 0 spiro atoms. The van der Waals surface area contributed by atoms with E-state index in [0.29, 0.717) is 17.4 Å². The Morgan fingerprint density at radius 2 is 2.42 bits per heavy atom. The number of anilines is 1. The molecule has 1 amide bonds. The number of thioether (sulfide) groups is 1. The van der Waals surface area contributed by atoms with E-state index < -0.39 is 0 Å². The van der Waals surface area contributed by atoms with Crippen LogP contribution in [-0.4, -0.2) is 27.5 Å². The lowest BCUT2D eigenvalue weighted by Gasteiger charge is -2.23. The van der Waals surface area contributed by atoms with Gasteiger partial charge in [0.25, 0.3) is 5.91 Å². The summed E-state index contributed by atoms with van der Waals surface area (Å²) in [7, 11) is 0. The summed E-state index contributed by atoms with van der Waals surface area (Å²) in [5.74, 6) is 1.22. The second kappa shape index (κ2) is 4.78. The van der Waals surface area contributed by atoms with Gasteiger partial charge >= 0.3 is 0 Å². The van der Waals surface area contributed by atoms with E-state index >= 15 is 0 Å². The lowest BCUT2D eigenvalue weighted by molar-refractivity contribution is 0.0940. The van der Waals surface area contributed by atoms with Crippen LogP contribution in [0.1, 0.15) is 49.1 Å². The van der Waals surface area contributed by atoms with Gasteiger partial charge in [0, 0.05) is 23.5 Å². The molecule has 1 saturated heterocycles. The fourth-order valence-electron chi connectivity index (χ4n) is 2.67. The average molecular weight is 279 g/mol. The molecular weight excluding hydrogens is 258 g/mol. The Bertz CT molecular complexity index is 487. The third-order valence-corrected chi connectivity index (χ3v) is 5.50. The van der Waals surface area contributed by atoms with Crippen molar-refractivity contribution in [3.05, 3.63) is 18.0 Å². The maximum Gasteiger partial charge on any atom is 0.268 e. The lowest BCUT2D eigenvalue weighted by Crippen LogP contribution is -2.37. The zero-order valence-electron chi connectivity index (χ0n) is 11.3. The average Bonchev–Trinajstić information content (AvgIpc) is 3.02. The van der Waals surface area contributed by atoms with Gasteiger partial charge in [-0.15, -0.1) is 0 Å². The highest BCUT2D eigenvalue weighted by Crippen LogP contribution is 2.38. The summed E-state index contributed by atoms with van der Waals surface area (Å²) < 4.78 is 2.24. The van der Waals surface area contributed by atoms with Gasteiger partial charge in [-0.3, -0.25) is 4.79 Å². The number of nitrogens with one attached hydrogen (secondary N) is 1. The number of rotatable bonds is 4. The number of aromatic nitrogens is 1. The van der Waals surface area contributed by atoms with Crippen molar-refractivity contribution in [1.82, 2.24) is 9.88 Å². The van der Waals surface area contributed by atoms with Gasteiger partial charge in [-0.25, -0.2) is 0 Å². The zero-order chi connectivity index (χ0) is 13.5. The first-order chi connectivity index (χ1) is 9.07. The number of carbonyl (C=O) groups is 1. The summed E-state index contributed by atoms with van der Waals surface area (Å²) in [5.41, 5.74) is 7.22. The monoisotopic (exact) mass is 279 g/mol.